The predicted molar refractivity (Wildman–Crippen MR) is 81.4 cm³/mol. The number of aromatic nitrogens is 1. The number of thioether (sulfide) groups is 1. The van der Waals surface area contributed by atoms with Crippen LogP contribution in [0.25, 0.3) is 10.2 Å². The van der Waals surface area contributed by atoms with E-state index in [9.17, 15) is 4.79 Å². The summed E-state index contributed by atoms with van der Waals surface area (Å²) in [5, 5.41) is 0. The number of hydrogen-bond donors (Lipinski definition) is 0. The Morgan fingerprint density at radius 1 is 1.42 bits per heavy atom. The Balaban J connectivity index is 2.12. The Bertz CT molecular complexity index is 599. The zero-order valence-corrected chi connectivity index (χ0v) is 13.2. The predicted octanol–water partition coefficient (Wildman–Crippen LogP) is 4.01. The molecule has 0 aliphatic rings. The minimum atomic E-state index is -0.285. The summed E-state index contributed by atoms with van der Waals surface area (Å²) in [5.74, 6) is 1.52. The smallest absolute Gasteiger partial charge is 0.151 e. The van der Waals surface area contributed by atoms with Crippen LogP contribution < -0.4 is 4.74 Å². The highest BCUT2D eigenvalue weighted by molar-refractivity contribution is 8.01. The fraction of sp³-hybridized carbons (Fsp3) is 0.429. The molecule has 1 heterocycles. The highest BCUT2D eigenvalue weighted by Gasteiger charge is 2.21. The van der Waals surface area contributed by atoms with Crippen molar-refractivity contribution in [1.29, 1.82) is 0 Å². The molecule has 19 heavy (non-hydrogen) atoms. The van der Waals surface area contributed by atoms with Gasteiger partial charge in [-0.3, -0.25) is 4.79 Å². The van der Waals surface area contributed by atoms with Gasteiger partial charge in [-0.25, -0.2) is 4.98 Å². The molecule has 1 aromatic carbocycles. The van der Waals surface area contributed by atoms with Crippen molar-refractivity contribution in [2.45, 2.75) is 25.1 Å². The first-order chi connectivity index (χ1) is 8.90. The van der Waals surface area contributed by atoms with Crippen LogP contribution in [0.5, 0.6) is 5.75 Å². The van der Waals surface area contributed by atoms with Crippen molar-refractivity contribution in [1.82, 2.24) is 4.98 Å². The summed E-state index contributed by atoms with van der Waals surface area (Å²) in [4.78, 5) is 16.4. The summed E-state index contributed by atoms with van der Waals surface area (Å²) < 4.78 is 7.23. The van der Waals surface area contributed by atoms with Gasteiger partial charge in [-0.15, -0.1) is 11.3 Å². The molecule has 0 saturated carbocycles. The van der Waals surface area contributed by atoms with Crippen LogP contribution in [0.4, 0.5) is 0 Å². The van der Waals surface area contributed by atoms with Crippen LogP contribution in [-0.2, 0) is 4.79 Å². The third-order valence-corrected chi connectivity index (χ3v) is 4.92. The molecule has 0 amide bonds. The van der Waals surface area contributed by atoms with Crippen molar-refractivity contribution in [2.75, 3.05) is 12.9 Å². The fourth-order valence-electron chi connectivity index (χ4n) is 1.42. The Morgan fingerprint density at radius 2 is 2.16 bits per heavy atom. The number of carbonyl (C=O) groups excluding carboxylic acids is 1. The van der Waals surface area contributed by atoms with Crippen molar-refractivity contribution < 1.29 is 9.53 Å². The molecule has 5 heteroatoms. The maximum atomic E-state index is 11.9. The number of Topliss-reactive ketones (excluding diaryl/α,β-unsaturated/α-hetero) is 1. The maximum absolute atomic E-state index is 11.9. The number of rotatable bonds is 4. The summed E-state index contributed by atoms with van der Waals surface area (Å²) in [6, 6.07) is 5.85. The van der Waals surface area contributed by atoms with E-state index in [1.807, 2.05) is 39.0 Å². The maximum Gasteiger partial charge on any atom is 0.151 e. The molecule has 0 saturated heterocycles. The van der Waals surface area contributed by atoms with Crippen LogP contribution in [-0.4, -0.2) is 23.6 Å². The molecule has 0 N–H and O–H groups in total. The van der Waals surface area contributed by atoms with Gasteiger partial charge in [0.05, 0.1) is 23.1 Å². The SMILES string of the molecule is COc1ccc2sc(SCC(=O)C(C)(C)C)nc2c1. The highest BCUT2D eigenvalue weighted by Crippen LogP contribution is 2.32. The number of nitrogens with zero attached hydrogens (tertiary/aromatic N) is 1. The molecule has 0 spiro atoms. The minimum Gasteiger partial charge on any atom is -0.497 e. The second kappa shape index (κ2) is 5.51. The highest BCUT2D eigenvalue weighted by atomic mass is 32.2. The average molecular weight is 295 g/mol. The van der Waals surface area contributed by atoms with Gasteiger partial charge in [-0.1, -0.05) is 32.5 Å². The molecule has 102 valence electrons. The fourth-order valence-corrected chi connectivity index (χ4v) is 3.63. The number of ether oxygens (including phenoxy) is 1. The van der Waals surface area contributed by atoms with E-state index in [0.29, 0.717) is 5.75 Å². The normalized spacial score (nSPS) is 11.8. The van der Waals surface area contributed by atoms with Gasteiger partial charge in [0.25, 0.3) is 0 Å². The monoisotopic (exact) mass is 295 g/mol. The van der Waals surface area contributed by atoms with Crippen molar-refractivity contribution in [3.63, 3.8) is 0 Å². The number of hydrogen-bond acceptors (Lipinski definition) is 5. The van der Waals surface area contributed by atoms with Crippen LogP contribution in [0.2, 0.25) is 0 Å². The van der Waals surface area contributed by atoms with E-state index in [2.05, 4.69) is 4.98 Å². The first kappa shape index (κ1) is 14.3. The van der Waals surface area contributed by atoms with Crippen LogP contribution in [0, 0.1) is 5.41 Å². The van der Waals surface area contributed by atoms with Gasteiger partial charge in [0.2, 0.25) is 0 Å². The van der Waals surface area contributed by atoms with Crippen LogP contribution in [0.15, 0.2) is 22.5 Å². The molecule has 0 atom stereocenters. The summed E-state index contributed by atoms with van der Waals surface area (Å²) in [5.41, 5.74) is 0.641. The summed E-state index contributed by atoms with van der Waals surface area (Å²) in [6.45, 7) is 5.83. The Hall–Kier alpha value is -1.07. The molecule has 3 nitrogen and oxygen atoms in total. The van der Waals surface area contributed by atoms with Crippen molar-refractivity contribution in [2.24, 2.45) is 5.41 Å². The number of thiazole rings is 1. The molecule has 0 radical (unpaired) electrons. The Morgan fingerprint density at radius 3 is 2.79 bits per heavy atom. The molecule has 0 aliphatic heterocycles. The molecule has 2 rings (SSSR count). The largest absolute Gasteiger partial charge is 0.497 e. The zero-order valence-electron chi connectivity index (χ0n) is 11.5. The lowest BCUT2D eigenvalue weighted by atomic mass is 9.92. The van der Waals surface area contributed by atoms with Gasteiger partial charge in [0, 0.05) is 11.5 Å². The topological polar surface area (TPSA) is 39.2 Å². The Labute approximate surface area is 121 Å². The first-order valence-corrected chi connectivity index (χ1v) is 7.81. The van der Waals surface area contributed by atoms with E-state index in [4.69, 9.17) is 4.74 Å². The summed E-state index contributed by atoms with van der Waals surface area (Å²) in [7, 11) is 1.64. The van der Waals surface area contributed by atoms with E-state index in [1.165, 1.54) is 11.8 Å². The molecular weight excluding hydrogens is 278 g/mol. The van der Waals surface area contributed by atoms with Crippen molar-refractivity contribution in [3.8, 4) is 5.75 Å². The third-order valence-electron chi connectivity index (χ3n) is 2.74. The molecule has 2 aromatic rings. The van der Waals surface area contributed by atoms with E-state index < -0.39 is 0 Å². The zero-order chi connectivity index (χ0) is 14.0. The number of ketones is 1. The molecule has 0 unspecified atom stereocenters. The van der Waals surface area contributed by atoms with E-state index in [0.717, 1.165) is 20.3 Å². The van der Waals surface area contributed by atoms with Gasteiger partial charge < -0.3 is 4.74 Å². The van der Waals surface area contributed by atoms with Gasteiger partial charge in [-0.05, 0) is 12.1 Å². The molecule has 1 aromatic heterocycles. The second-order valence-electron chi connectivity index (χ2n) is 5.28. The van der Waals surface area contributed by atoms with E-state index in [-0.39, 0.29) is 11.2 Å². The van der Waals surface area contributed by atoms with Crippen molar-refractivity contribution in [3.05, 3.63) is 18.2 Å². The Kier molecular flexibility index (Phi) is 4.16. The standard InChI is InChI=1S/C14H17NO2S2/c1-14(2,3)12(16)8-18-13-15-10-7-9(17-4)5-6-11(10)19-13/h5-7H,8H2,1-4H3. The lowest BCUT2D eigenvalue weighted by molar-refractivity contribution is -0.123. The van der Waals surface area contributed by atoms with Crippen LogP contribution in [0.3, 0.4) is 0 Å². The number of fused-ring (bicyclic) bond motifs is 1. The number of methoxy groups -OCH3 is 1. The van der Waals surface area contributed by atoms with Crippen LogP contribution in [0.1, 0.15) is 20.8 Å². The lowest BCUT2D eigenvalue weighted by Gasteiger charge is -2.15. The molecule has 0 aliphatic carbocycles. The number of benzene rings is 1. The molecular formula is C14H17NO2S2. The van der Waals surface area contributed by atoms with E-state index in [1.54, 1.807) is 18.4 Å². The van der Waals surface area contributed by atoms with Gasteiger partial charge in [0.15, 0.2) is 4.34 Å². The third kappa shape index (κ3) is 3.48. The summed E-state index contributed by atoms with van der Waals surface area (Å²) >= 11 is 3.12. The van der Waals surface area contributed by atoms with E-state index >= 15 is 0 Å². The lowest BCUT2D eigenvalue weighted by Crippen LogP contribution is -2.21. The molecule has 0 fully saturated rings. The van der Waals surface area contributed by atoms with Gasteiger partial charge in [-0.2, -0.15) is 0 Å². The van der Waals surface area contributed by atoms with Crippen LogP contribution >= 0.6 is 23.1 Å². The van der Waals surface area contributed by atoms with Gasteiger partial charge in [0.1, 0.15) is 11.5 Å². The average Bonchev–Trinajstić information content (AvgIpc) is 2.76. The molecule has 0 bridgehead atoms. The van der Waals surface area contributed by atoms with Crippen molar-refractivity contribution >= 4 is 39.1 Å². The van der Waals surface area contributed by atoms with Gasteiger partial charge >= 0.3 is 0 Å². The quantitative estimate of drug-likeness (QED) is 0.799. The second-order valence-corrected chi connectivity index (χ2v) is 7.53. The first-order valence-electron chi connectivity index (χ1n) is 6.01. The summed E-state index contributed by atoms with van der Waals surface area (Å²) in [6.07, 6.45) is 0. The minimum absolute atomic E-state index is 0.245. The number of carbonyl (C=O) groups is 1.